The lowest BCUT2D eigenvalue weighted by Gasteiger charge is -2.18. The van der Waals surface area contributed by atoms with Crippen molar-refractivity contribution in [2.75, 3.05) is 13.2 Å². The van der Waals surface area contributed by atoms with Gasteiger partial charge in [-0.1, -0.05) is 165 Å². The number of ether oxygens (including phenoxy) is 2. The van der Waals surface area contributed by atoms with Crippen LogP contribution >= 0.6 is 7.82 Å². The van der Waals surface area contributed by atoms with E-state index < -0.39 is 32.5 Å². The highest BCUT2D eigenvalue weighted by atomic mass is 31.2. The summed E-state index contributed by atoms with van der Waals surface area (Å²) < 4.78 is 26.3. The van der Waals surface area contributed by atoms with Crippen molar-refractivity contribution in [2.45, 2.75) is 187 Å². The average Bonchev–Trinajstić information content (AvgIpc) is 3.08. The quantitative estimate of drug-likeness (QED) is 0.0284. The van der Waals surface area contributed by atoms with Gasteiger partial charge in [0, 0.05) is 12.8 Å². The van der Waals surface area contributed by atoms with E-state index in [2.05, 4.69) is 67.0 Å². The molecular formula is C41H73O8P. The Labute approximate surface area is 305 Å². The second kappa shape index (κ2) is 36.8. The number of phosphoric acid groups is 1. The molecule has 8 nitrogen and oxygen atoms in total. The van der Waals surface area contributed by atoms with E-state index in [0.717, 1.165) is 64.2 Å². The molecule has 0 aromatic rings. The van der Waals surface area contributed by atoms with Crippen LogP contribution in [0.2, 0.25) is 0 Å². The van der Waals surface area contributed by atoms with Crippen molar-refractivity contribution in [3.63, 3.8) is 0 Å². The van der Waals surface area contributed by atoms with Crippen molar-refractivity contribution >= 4 is 19.8 Å². The normalized spacial score (nSPS) is 13.0. The first kappa shape index (κ1) is 48.0. The molecule has 290 valence electrons. The number of esters is 2. The molecule has 0 bridgehead atoms. The molecule has 0 aliphatic carbocycles. The third-order valence-electron chi connectivity index (χ3n) is 8.33. The number of rotatable bonds is 36. The lowest BCUT2D eigenvalue weighted by molar-refractivity contribution is -0.161. The highest BCUT2D eigenvalue weighted by molar-refractivity contribution is 7.46. The molecule has 0 aliphatic heterocycles. The summed E-state index contributed by atoms with van der Waals surface area (Å²) >= 11 is 0. The maximum Gasteiger partial charge on any atom is 0.469 e. The molecule has 0 fully saturated rings. The van der Waals surface area contributed by atoms with Crippen molar-refractivity contribution < 1.29 is 37.9 Å². The summed E-state index contributed by atoms with van der Waals surface area (Å²) in [7, 11) is -4.76. The Morgan fingerprint density at radius 1 is 0.520 bits per heavy atom. The van der Waals surface area contributed by atoms with Crippen molar-refractivity contribution in [3.05, 3.63) is 48.6 Å². The topological polar surface area (TPSA) is 119 Å². The molecule has 0 heterocycles. The number of hydrogen-bond donors (Lipinski definition) is 2. The minimum Gasteiger partial charge on any atom is -0.462 e. The molecule has 0 unspecified atom stereocenters. The molecular weight excluding hydrogens is 651 g/mol. The van der Waals surface area contributed by atoms with Crippen LogP contribution in [0.3, 0.4) is 0 Å². The second-order valence-corrected chi connectivity index (χ2v) is 14.5. The van der Waals surface area contributed by atoms with Crippen LogP contribution in [0.4, 0.5) is 0 Å². The summed E-state index contributed by atoms with van der Waals surface area (Å²) in [6.07, 6.45) is 44.0. The molecule has 9 heteroatoms. The molecule has 0 saturated heterocycles. The van der Waals surface area contributed by atoms with E-state index in [9.17, 15) is 14.2 Å². The van der Waals surface area contributed by atoms with E-state index in [4.69, 9.17) is 19.3 Å². The Bertz CT molecular complexity index is 952. The maximum atomic E-state index is 12.4. The smallest absolute Gasteiger partial charge is 0.462 e. The van der Waals surface area contributed by atoms with Gasteiger partial charge in [-0.15, -0.1) is 0 Å². The molecule has 0 spiro atoms. The average molecular weight is 725 g/mol. The van der Waals surface area contributed by atoms with Crippen LogP contribution in [0.5, 0.6) is 0 Å². The van der Waals surface area contributed by atoms with Gasteiger partial charge < -0.3 is 19.3 Å². The number of carbonyl (C=O) groups excluding carboxylic acids is 2. The standard InChI is InChI=1S/C41H73O8P/c1-3-5-7-9-11-13-15-17-19-20-22-23-25-27-29-31-33-35-40(42)47-37-39(38-48-50(44,45)46)49-41(43)36-34-32-30-28-26-24-21-18-16-14-12-10-8-6-4-2/h7,9,13,15,19-20,23,25,39H,3-6,8,10-12,14,16-18,21-22,24,26-38H2,1-2H3,(H2,44,45,46)/b9-7+,15-13+,20-19+,25-23+/t39-/m1/s1. The van der Waals surface area contributed by atoms with E-state index in [1.807, 2.05) is 0 Å². The first-order chi connectivity index (χ1) is 24.3. The van der Waals surface area contributed by atoms with Gasteiger partial charge in [-0.25, -0.2) is 4.57 Å². The third-order valence-corrected chi connectivity index (χ3v) is 8.82. The van der Waals surface area contributed by atoms with Gasteiger partial charge in [0.25, 0.3) is 0 Å². The van der Waals surface area contributed by atoms with Gasteiger partial charge in [-0.2, -0.15) is 0 Å². The number of unbranched alkanes of at least 4 members (excludes halogenated alkanes) is 18. The van der Waals surface area contributed by atoms with Crippen LogP contribution in [-0.4, -0.2) is 41.0 Å². The Hall–Kier alpha value is -1.99. The maximum absolute atomic E-state index is 12.4. The Kier molecular flexibility index (Phi) is 35.3. The van der Waals surface area contributed by atoms with Gasteiger partial charge in [-0.05, 0) is 51.4 Å². The Morgan fingerprint density at radius 3 is 1.42 bits per heavy atom. The van der Waals surface area contributed by atoms with Gasteiger partial charge >= 0.3 is 19.8 Å². The Balaban J connectivity index is 4.00. The fourth-order valence-electron chi connectivity index (χ4n) is 5.36. The van der Waals surface area contributed by atoms with Crippen LogP contribution in [0.15, 0.2) is 48.6 Å². The zero-order chi connectivity index (χ0) is 36.8. The van der Waals surface area contributed by atoms with E-state index in [1.54, 1.807) is 0 Å². The van der Waals surface area contributed by atoms with Crippen molar-refractivity contribution in [1.29, 1.82) is 0 Å². The summed E-state index contributed by atoms with van der Waals surface area (Å²) in [4.78, 5) is 42.8. The van der Waals surface area contributed by atoms with Crippen LogP contribution in [-0.2, 0) is 28.2 Å². The highest BCUT2D eigenvalue weighted by Gasteiger charge is 2.22. The molecule has 0 aromatic heterocycles. The fourth-order valence-corrected chi connectivity index (χ4v) is 5.72. The van der Waals surface area contributed by atoms with Crippen molar-refractivity contribution in [2.24, 2.45) is 0 Å². The molecule has 0 amide bonds. The number of carbonyl (C=O) groups is 2. The van der Waals surface area contributed by atoms with Crippen LogP contribution < -0.4 is 0 Å². The fraction of sp³-hybridized carbons (Fsp3) is 0.756. The zero-order valence-corrected chi connectivity index (χ0v) is 32.7. The predicted molar refractivity (Wildman–Crippen MR) is 207 cm³/mol. The number of phosphoric ester groups is 1. The van der Waals surface area contributed by atoms with E-state index in [0.29, 0.717) is 12.8 Å². The lowest BCUT2D eigenvalue weighted by Crippen LogP contribution is -2.29. The summed E-state index contributed by atoms with van der Waals surface area (Å²) in [5.41, 5.74) is 0. The summed E-state index contributed by atoms with van der Waals surface area (Å²) in [5.74, 6) is -0.919. The molecule has 0 saturated carbocycles. The number of hydrogen-bond acceptors (Lipinski definition) is 6. The predicted octanol–water partition coefficient (Wildman–Crippen LogP) is 12.0. The lowest BCUT2D eigenvalue weighted by atomic mass is 10.0. The highest BCUT2D eigenvalue weighted by Crippen LogP contribution is 2.36. The van der Waals surface area contributed by atoms with Crippen molar-refractivity contribution in [3.8, 4) is 0 Å². The molecule has 0 aromatic carbocycles. The van der Waals surface area contributed by atoms with Crippen LogP contribution in [0.25, 0.3) is 0 Å². The third kappa shape index (κ3) is 38.8. The van der Waals surface area contributed by atoms with E-state index in [-0.39, 0.29) is 19.4 Å². The largest absolute Gasteiger partial charge is 0.469 e. The number of allylic oxidation sites excluding steroid dienone is 8. The van der Waals surface area contributed by atoms with E-state index in [1.165, 1.54) is 77.0 Å². The molecule has 50 heavy (non-hydrogen) atoms. The van der Waals surface area contributed by atoms with Crippen LogP contribution in [0, 0.1) is 0 Å². The van der Waals surface area contributed by atoms with Gasteiger partial charge in [0.2, 0.25) is 0 Å². The van der Waals surface area contributed by atoms with Gasteiger partial charge in [0.15, 0.2) is 6.10 Å². The second-order valence-electron chi connectivity index (χ2n) is 13.3. The van der Waals surface area contributed by atoms with E-state index >= 15 is 0 Å². The minimum absolute atomic E-state index is 0.206. The molecule has 0 rings (SSSR count). The van der Waals surface area contributed by atoms with Gasteiger partial charge in [0.1, 0.15) is 6.61 Å². The van der Waals surface area contributed by atoms with Crippen molar-refractivity contribution in [1.82, 2.24) is 0 Å². The molecule has 0 radical (unpaired) electrons. The van der Waals surface area contributed by atoms with Gasteiger partial charge in [0.05, 0.1) is 6.61 Å². The molecule has 1 atom stereocenters. The molecule has 2 N–H and O–H groups in total. The SMILES string of the molecule is CCC/C=C/C/C=C/C/C=C/C/C=C/CCCCCC(=O)OC[C@H](COP(=O)(O)O)OC(=O)CCCCCCCCCCCCCCCCC. The first-order valence-corrected chi connectivity index (χ1v) is 21.5. The molecule has 0 aliphatic rings. The first-order valence-electron chi connectivity index (χ1n) is 19.9. The van der Waals surface area contributed by atoms with Gasteiger partial charge in [-0.3, -0.25) is 14.1 Å². The monoisotopic (exact) mass is 725 g/mol. The zero-order valence-electron chi connectivity index (χ0n) is 31.8. The summed E-state index contributed by atoms with van der Waals surface area (Å²) in [6, 6.07) is 0. The minimum atomic E-state index is -4.76. The summed E-state index contributed by atoms with van der Waals surface area (Å²) in [6.45, 7) is 3.59. The Morgan fingerprint density at radius 2 is 0.940 bits per heavy atom. The summed E-state index contributed by atoms with van der Waals surface area (Å²) in [5, 5.41) is 0. The van der Waals surface area contributed by atoms with Crippen LogP contribution in [0.1, 0.15) is 181 Å².